The van der Waals surface area contributed by atoms with Crippen LogP contribution in [0.1, 0.15) is 19.4 Å². The number of benzene rings is 1. The van der Waals surface area contributed by atoms with Crippen molar-refractivity contribution in [3.05, 3.63) is 36.0 Å². The molecular weight excluding hydrogens is 282 g/mol. The summed E-state index contributed by atoms with van der Waals surface area (Å²) in [5.41, 5.74) is 1.75. The average Bonchev–Trinajstić information content (AvgIpc) is 2.88. The smallest absolute Gasteiger partial charge is 0.246 e. The number of para-hydroxylation sites is 1. The molecule has 0 spiro atoms. The predicted molar refractivity (Wildman–Crippen MR) is 83.3 cm³/mol. The Morgan fingerprint density at radius 3 is 2.64 bits per heavy atom. The fourth-order valence-electron chi connectivity index (χ4n) is 1.75. The molecule has 0 atom stereocenters. The van der Waals surface area contributed by atoms with E-state index in [1.54, 1.807) is 13.8 Å². The van der Waals surface area contributed by atoms with Crippen LogP contribution in [0.25, 0.3) is 0 Å². The molecule has 0 unspecified atom stereocenters. The molecule has 1 aromatic heterocycles. The van der Waals surface area contributed by atoms with Crippen LogP contribution in [0.4, 0.5) is 11.5 Å². The number of aromatic nitrogens is 3. The zero-order valence-electron chi connectivity index (χ0n) is 12.8. The van der Waals surface area contributed by atoms with Gasteiger partial charge < -0.3 is 10.6 Å². The molecule has 0 aliphatic heterocycles. The van der Waals surface area contributed by atoms with Crippen molar-refractivity contribution >= 4 is 23.3 Å². The maximum absolute atomic E-state index is 12.0. The van der Waals surface area contributed by atoms with Crippen molar-refractivity contribution in [1.29, 1.82) is 0 Å². The zero-order valence-corrected chi connectivity index (χ0v) is 12.8. The van der Waals surface area contributed by atoms with Crippen LogP contribution in [0.15, 0.2) is 30.5 Å². The molecule has 0 bridgehead atoms. The molecule has 2 N–H and O–H groups in total. The standard InChI is InChI=1S/C15H19N5O2/c1-10(2)15(22)17-13-8-20(19-18-13)9-14(21)16-12-7-5-4-6-11(12)3/h4-8,10H,9H2,1-3H3,(H,16,21)(H,17,22). The molecule has 1 aromatic carbocycles. The van der Waals surface area contributed by atoms with Crippen molar-refractivity contribution in [1.82, 2.24) is 15.0 Å². The van der Waals surface area contributed by atoms with Gasteiger partial charge in [-0.1, -0.05) is 37.3 Å². The highest BCUT2D eigenvalue weighted by atomic mass is 16.2. The Balaban J connectivity index is 1.94. The van der Waals surface area contributed by atoms with Crippen LogP contribution in [-0.2, 0) is 16.1 Å². The van der Waals surface area contributed by atoms with Crippen molar-refractivity contribution in [3.63, 3.8) is 0 Å². The van der Waals surface area contributed by atoms with Gasteiger partial charge in [-0.15, -0.1) is 5.10 Å². The summed E-state index contributed by atoms with van der Waals surface area (Å²) in [6.07, 6.45) is 1.53. The summed E-state index contributed by atoms with van der Waals surface area (Å²) >= 11 is 0. The Hall–Kier alpha value is -2.70. The molecule has 0 aliphatic carbocycles. The number of carbonyl (C=O) groups is 2. The molecule has 2 aromatic rings. The van der Waals surface area contributed by atoms with Gasteiger partial charge in [-0.05, 0) is 18.6 Å². The SMILES string of the molecule is Cc1ccccc1NC(=O)Cn1cc(NC(=O)C(C)C)nn1. The molecular formula is C15H19N5O2. The summed E-state index contributed by atoms with van der Waals surface area (Å²) < 4.78 is 1.38. The van der Waals surface area contributed by atoms with Crippen LogP contribution >= 0.6 is 0 Å². The molecule has 2 rings (SSSR count). The number of amides is 2. The van der Waals surface area contributed by atoms with E-state index in [1.165, 1.54) is 10.9 Å². The van der Waals surface area contributed by atoms with Crippen LogP contribution in [0.2, 0.25) is 0 Å². The minimum atomic E-state index is -0.207. The van der Waals surface area contributed by atoms with Gasteiger partial charge in [0.1, 0.15) is 6.54 Å². The van der Waals surface area contributed by atoms with E-state index in [0.29, 0.717) is 5.82 Å². The second-order valence-electron chi connectivity index (χ2n) is 5.31. The Morgan fingerprint density at radius 2 is 1.95 bits per heavy atom. The van der Waals surface area contributed by atoms with Crippen LogP contribution in [0.5, 0.6) is 0 Å². The van der Waals surface area contributed by atoms with Gasteiger partial charge in [-0.25, -0.2) is 4.68 Å². The predicted octanol–water partition coefficient (Wildman–Crippen LogP) is 1.82. The van der Waals surface area contributed by atoms with E-state index >= 15 is 0 Å². The van der Waals surface area contributed by atoms with E-state index in [0.717, 1.165) is 11.3 Å². The van der Waals surface area contributed by atoms with Gasteiger partial charge in [0.25, 0.3) is 0 Å². The van der Waals surface area contributed by atoms with E-state index in [4.69, 9.17) is 0 Å². The third-order valence-electron chi connectivity index (χ3n) is 3.04. The van der Waals surface area contributed by atoms with Gasteiger partial charge in [0.05, 0.1) is 6.20 Å². The van der Waals surface area contributed by atoms with Gasteiger partial charge in [-0.2, -0.15) is 0 Å². The normalized spacial score (nSPS) is 10.5. The highest BCUT2D eigenvalue weighted by Gasteiger charge is 2.11. The number of nitrogens with zero attached hydrogens (tertiary/aromatic N) is 3. The van der Waals surface area contributed by atoms with Gasteiger partial charge in [0.2, 0.25) is 11.8 Å². The second-order valence-corrected chi connectivity index (χ2v) is 5.31. The van der Waals surface area contributed by atoms with Crippen LogP contribution in [0, 0.1) is 12.8 Å². The molecule has 22 heavy (non-hydrogen) atoms. The lowest BCUT2D eigenvalue weighted by Gasteiger charge is -2.07. The Bertz CT molecular complexity index is 678. The van der Waals surface area contributed by atoms with Crippen molar-refractivity contribution in [2.24, 2.45) is 5.92 Å². The lowest BCUT2D eigenvalue weighted by molar-refractivity contribution is -0.119. The molecule has 0 radical (unpaired) electrons. The third-order valence-corrected chi connectivity index (χ3v) is 3.04. The number of hydrogen-bond donors (Lipinski definition) is 2. The van der Waals surface area contributed by atoms with Gasteiger partial charge in [0, 0.05) is 11.6 Å². The topological polar surface area (TPSA) is 88.9 Å². The molecule has 0 saturated heterocycles. The zero-order chi connectivity index (χ0) is 16.1. The minimum absolute atomic E-state index is 0.0267. The molecule has 7 nitrogen and oxygen atoms in total. The first-order valence-corrected chi connectivity index (χ1v) is 7.02. The molecule has 0 fully saturated rings. The van der Waals surface area contributed by atoms with E-state index in [2.05, 4.69) is 20.9 Å². The molecule has 1 heterocycles. The lowest BCUT2D eigenvalue weighted by Crippen LogP contribution is -2.19. The van der Waals surface area contributed by atoms with Crippen LogP contribution in [-0.4, -0.2) is 26.8 Å². The maximum atomic E-state index is 12.0. The highest BCUT2D eigenvalue weighted by molar-refractivity contribution is 5.92. The summed E-state index contributed by atoms with van der Waals surface area (Å²) in [6.45, 7) is 5.52. The molecule has 0 saturated carbocycles. The first kappa shape index (κ1) is 15.7. The van der Waals surface area contributed by atoms with Gasteiger partial charge in [-0.3, -0.25) is 9.59 Å². The van der Waals surface area contributed by atoms with Crippen LogP contribution in [0.3, 0.4) is 0 Å². The molecule has 2 amide bonds. The number of anilines is 2. The summed E-state index contributed by atoms with van der Waals surface area (Å²) in [7, 11) is 0. The fraction of sp³-hybridized carbons (Fsp3) is 0.333. The Morgan fingerprint density at radius 1 is 1.23 bits per heavy atom. The average molecular weight is 301 g/mol. The quantitative estimate of drug-likeness (QED) is 0.881. The highest BCUT2D eigenvalue weighted by Crippen LogP contribution is 2.13. The van der Waals surface area contributed by atoms with Crippen molar-refractivity contribution < 1.29 is 9.59 Å². The van der Waals surface area contributed by atoms with Crippen molar-refractivity contribution in [2.45, 2.75) is 27.3 Å². The van der Waals surface area contributed by atoms with E-state index in [-0.39, 0.29) is 24.3 Å². The van der Waals surface area contributed by atoms with Crippen molar-refractivity contribution in [2.75, 3.05) is 10.6 Å². The maximum Gasteiger partial charge on any atom is 0.246 e. The van der Waals surface area contributed by atoms with Crippen molar-refractivity contribution in [3.8, 4) is 0 Å². The van der Waals surface area contributed by atoms with E-state index in [9.17, 15) is 9.59 Å². The fourth-order valence-corrected chi connectivity index (χ4v) is 1.75. The van der Waals surface area contributed by atoms with Crippen LogP contribution < -0.4 is 10.6 Å². The van der Waals surface area contributed by atoms with E-state index < -0.39 is 0 Å². The second kappa shape index (κ2) is 6.84. The Labute approximate surface area is 128 Å². The molecule has 7 heteroatoms. The molecule has 0 aliphatic rings. The summed E-state index contributed by atoms with van der Waals surface area (Å²) in [5.74, 6) is -0.158. The summed E-state index contributed by atoms with van der Waals surface area (Å²) in [5, 5.41) is 13.1. The summed E-state index contributed by atoms with van der Waals surface area (Å²) in [4.78, 5) is 23.5. The number of carbonyl (C=O) groups excluding carboxylic acids is 2. The number of hydrogen-bond acceptors (Lipinski definition) is 4. The third kappa shape index (κ3) is 4.15. The number of aryl methyl sites for hydroxylation is 1. The number of rotatable bonds is 5. The van der Waals surface area contributed by atoms with Gasteiger partial charge >= 0.3 is 0 Å². The molecule has 116 valence electrons. The number of nitrogens with one attached hydrogen (secondary N) is 2. The largest absolute Gasteiger partial charge is 0.324 e. The summed E-state index contributed by atoms with van der Waals surface area (Å²) in [6, 6.07) is 7.53. The first-order chi connectivity index (χ1) is 10.5. The van der Waals surface area contributed by atoms with Gasteiger partial charge in [0.15, 0.2) is 5.82 Å². The lowest BCUT2D eigenvalue weighted by atomic mass is 10.2. The Kier molecular flexibility index (Phi) is 4.88. The van der Waals surface area contributed by atoms with E-state index in [1.807, 2.05) is 31.2 Å². The monoisotopic (exact) mass is 301 g/mol. The minimum Gasteiger partial charge on any atom is -0.324 e. The first-order valence-electron chi connectivity index (χ1n) is 7.02.